The molecule has 110 valence electrons. The highest BCUT2D eigenvalue weighted by molar-refractivity contribution is 5.06. The molecule has 0 aromatic heterocycles. The number of hydrogen-bond acceptors (Lipinski definition) is 3. The van der Waals surface area contributed by atoms with Gasteiger partial charge >= 0.3 is 0 Å². The fourth-order valence-corrected chi connectivity index (χ4v) is 4.94. The van der Waals surface area contributed by atoms with E-state index in [0.717, 1.165) is 30.5 Å². The Morgan fingerprint density at radius 2 is 2.00 bits per heavy atom. The minimum absolute atomic E-state index is 0.671. The van der Waals surface area contributed by atoms with Gasteiger partial charge in [0.05, 0.1) is 0 Å². The van der Waals surface area contributed by atoms with E-state index in [0.29, 0.717) is 5.92 Å². The summed E-state index contributed by atoms with van der Waals surface area (Å²) in [6.45, 7) is 10.9. The van der Waals surface area contributed by atoms with Crippen molar-refractivity contribution in [3.63, 3.8) is 0 Å². The summed E-state index contributed by atoms with van der Waals surface area (Å²) in [5.41, 5.74) is 5.88. The van der Waals surface area contributed by atoms with Crippen molar-refractivity contribution in [1.82, 2.24) is 9.80 Å². The van der Waals surface area contributed by atoms with Gasteiger partial charge in [-0.2, -0.15) is 0 Å². The number of likely N-dealkylation sites (tertiary alicyclic amines) is 1. The Bertz CT molecular complexity index is 298. The van der Waals surface area contributed by atoms with E-state index in [1.54, 1.807) is 0 Å². The van der Waals surface area contributed by atoms with Gasteiger partial charge in [-0.1, -0.05) is 13.8 Å². The average molecular weight is 265 g/mol. The molecular weight excluding hydrogens is 234 g/mol. The van der Waals surface area contributed by atoms with Crippen LogP contribution >= 0.6 is 0 Å². The fourth-order valence-electron chi connectivity index (χ4n) is 4.94. The van der Waals surface area contributed by atoms with Crippen LogP contribution in [0.15, 0.2) is 0 Å². The van der Waals surface area contributed by atoms with Crippen LogP contribution in [0.2, 0.25) is 0 Å². The van der Waals surface area contributed by atoms with Crippen LogP contribution in [0.5, 0.6) is 0 Å². The zero-order chi connectivity index (χ0) is 13.4. The molecule has 0 aliphatic carbocycles. The van der Waals surface area contributed by atoms with E-state index in [9.17, 15) is 0 Å². The lowest BCUT2D eigenvalue weighted by atomic mass is 9.73. The first-order valence-electron chi connectivity index (χ1n) is 8.42. The van der Waals surface area contributed by atoms with E-state index >= 15 is 0 Å². The smallest absolute Gasteiger partial charge is 0.0294 e. The van der Waals surface area contributed by atoms with Gasteiger partial charge in [0.15, 0.2) is 0 Å². The molecule has 4 saturated heterocycles. The van der Waals surface area contributed by atoms with Gasteiger partial charge in [-0.15, -0.1) is 0 Å². The second kappa shape index (κ2) is 5.71. The second-order valence-corrected chi connectivity index (χ2v) is 7.17. The van der Waals surface area contributed by atoms with Crippen LogP contribution in [0.3, 0.4) is 0 Å². The summed E-state index contributed by atoms with van der Waals surface area (Å²) in [5.74, 6) is 2.65. The second-order valence-electron chi connectivity index (χ2n) is 7.17. The molecular formula is C16H31N3. The Kier molecular flexibility index (Phi) is 4.16. The zero-order valence-corrected chi connectivity index (χ0v) is 12.7. The number of fused-ring (bicyclic) bond motifs is 2. The summed E-state index contributed by atoms with van der Waals surface area (Å²) in [6.07, 6.45) is 5.51. The molecule has 2 bridgehead atoms. The first-order valence-corrected chi connectivity index (χ1v) is 8.42. The molecule has 0 radical (unpaired) electrons. The summed E-state index contributed by atoms with van der Waals surface area (Å²) in [5, 5.41) is 0. The lowest BCUT2D eigenvalue weighted by molar-refractivity contribution is 0.000396. The number of piperidine rings is 3. The van der Waals surface area contributed by atoms with Crippen molar-refractivity contribution >= 4 is 0 Å². The molecule has 4 atom stereocenters. The highest BCUT2D eigenvalue weighted by Gasteiger charge is 2.51. The van der Waals surface area contributed by atoms with Crippen molar-refractivity contribution in [3.05, 3.63) is 0 Å². The maximum Gasteiger partial charge on any atom is 0.0294 e. The molecule has 4 heterocycles. The van der Waals surface area contributed by atoms with Crippen LogP contribution in [0, 0.1) is 17.8 Å². The molecule has 0 amide bonds. The molecule has 0 spiro atoms. The van der Waals surface area contributed by atoms with Crippen LogP contribution in [0.4, 0.5) is 0 Å². The monoisotopic (exact) mass is 265 g/mol. The molecule has 2 N–H and O–H groups in total. The normalized spacial score (nSPS) is 43.4. The third-order valence-electron chi connectivity index (χ3n) is 5.91. The predicted molar refractivity (Wildman–Crippen MR) is 80.1 cm³/mol. The van der Waals surface area contributed by atoms with Crippen LogP contribution in [0.1, 0.15) is 39.5 Å². The van der Waals surface area contributed by atoms with Crippen molar-refractivity contribution in [3.8, 4) is 0 Å². The van der Waals surface area contributed by atoms with Gasteiger partial charge < -0.3 is 5.73 Å². The highest BCUT2D eigenvalue weighted by Crippen LogP contribution is 2.45. The van der Waals surface area contributed by atoms with Crippen LogP contribution in [0.25, 0.3) is 0 Å². The lowest BCUT2D eigenvalue weighted by Crippen LogP contribution is -2.57. The molecule has 3 nitrogen and oxygen atoms in total. The quantitative estimate of drug-likeness (QED) is 0.822. The van der Waals surface area contributed by atoms with Crippen molar-refractivity contribution < 1.29 is 0 Å². The SMILES string of the molecule is CCCN1CC2C3CCN(CC3)C2C1CC(C)CN. The lowest BCUT2D eigenvalue weighted by Gasteiger charge is -2.50. The summed E-state index contributed by atoms with van der Waals surface area (Å²) >= 11 is 0. The van der Waals surface area contributed by atoms with Gasteiger partial charge in [-0.05, 0) is 69.6 Å². The summed E-state index contributed by atoms with van der Waals surface area (Å²) in [6, 6.07) is 1.64. The molecule has 4 unspecified atom stereocenters. The van der Waals surface area contributed by atoms with Gasteiger partial charge in [0.1, 0.15) is 0 Å². The fraction of sp³-hybridized carbons (Fsp3) is 1.00. The van der Waals surface area contributed by atoms with Gasteiger partial charge in [-0.25, -0.2) is 0 Å². The summed E-state index contributed by atoms with van der Waals surface area (Å²) in [7, 11) is 0. The van der Waals surface area contributed by atoms with Gasteiger partial charge in [-0.3, -0.25) is 9.80 Å². The Balaban J connectivity index is 1.77. The van der Waals surface area contributed by atoms with E-state index in [-0.39, 0.29) is 0 Å². The Morgan fingerprint density at radius 1 is 1.26 bits per heavy atom. The van der Waals surface area contributed by atoms with Crippen molar-refractivity contribution in [2.45, 2.75) is 51.6 Å². The topological polar surface area (TPSA) is 32.5 Å². The number of nitrogens with zero attached hydrogens (tertiary/aromatic N) is 2. The zero-order valence-electron chi connectivity index (χ0n) is 12.7. The van der Waals surface area contributed by atoms with E-state index in [4.69, 9.17) is 5.73 Å². The molecule has 4 fully saturated rings. The summed E-state index contributed by atoms with van der Waals surface area (Å²) < 4.78 is 0. The van der Waals surface area contributed by atoms with Crippen LogP contribution < -0.4 is 5.73 Å². The van der Waals surface area contributed by atoms with Crippen molar-refractivity contribution in [1.29, 1.82) is 0 Å². The van der Waals surface area contributed by atoms with E-state index in [1.807, 2.05) is 0 Å². The Labute approximate surface area is 118 Å². The number of rotatable bonds is 5. The first-order chi connectivity index (χ1) is 9.24. The maximum absolute atomic E-state index is 5.88. The molecule has 3 heteroatoms. The van der Waals surface area contributed by atoms with Gasteiger partial charge in [0.25, 0.3) is 0 Å². The molecule has 19 heavy (non-hydrogen) atoms. The molecule has 0 aromatic carbocycles. The number of nitrogens with two attached hydrogens (primary N) is 1. The minimum atomic E-state index is 0.671. The minimum Gasteiger partial charge on any atom is -0.330 e. The molecule has 0 saturated carbocycles. The van der Waals surface area contributed by atoms with Gasteiger partial charge in [0.2, 0.25) is 0 Å². The molecule has 0 aromatic rings. The molecule has 4 aliphatic heterocycles. The van der Waals surface area contributed by atoms with Crippen LogP contribution in [-0.2, 0) is 0 Å². The Morgan fingerprint density at radius 3 is 2.63 bits per heavy atom. The largest absolute Gasteiger partial charge is 0.330 e. The third kappa shape index (κ3) is 2.45. The van der Waals surface area contributed by atoms with E-state index < -0.39 is 0 Å². The van der Waals surface area contributed by atoms with E-state index in [1.165, 1.54) is 51.9 Å². The predicted octanol–water partition coefficient (Wildman–Crippen LogP) is 1.78. The third-order valence-corrected chi connectivity index (χ3v) is 5.91. The highest BCUT2D eigenvalue weighted by atomic mass is 15.3. The van der Waals surface area contributed by atoms with Crippen molar-refractivity contribution in [2.75, 3.05) is 32.7 Å². The van der Waals surface area contributed by atoms with Crippen molar-refractivity contribution in [2.24, 2.45) is 23.5 Å². The van der Waals surface area contributed by atoms with E-state index in [2.05, 4.69) is 23.6 Å². The molecule has 4 aliphatic rings. The first kappa shape index (κ1) is 13.8. The number of hydrogen-bond donors (Lipinski definition) is 1. The van der Waals surface area contributed by atoms with Gasteiger partial charge in [0, 0.05) is 18.6 Å². The molecule has 4 rings (SSSR count). The maximum atomic E-state index is 5.88. The average Bonchev–Trinajstić information content (AvgIpc) is 2.81. The Hall–Kier alpha value is -0.120. The standard InChI is InChI=1S/C16H31N3/c1-3-6-19-11-14-13-4-7-18(8-5-13)16(14)15(19)9-12(2)10-17/h12-16H,3-11,17H2,1-2H3. The van der Waals surface area contributed by atoms with Crippen LogP contribution in [-0.4, -0.2) is 54.6 Å². The summed E-state index contributed by atoms with van der Waals surface area (Å²) in [4.78, 5) is 5.62.